The number of nitrogens with one attached hydrogen (secondary N) is 2. The molecule has 0 spiro atoms. The standard InChI is InChI=1S/C29H36N6O4/c1-6-38-26-22(18-31-27(34-26)33-23-14-11-21(17-30)12-15-23)13-10-20-8-7-9-24(16-20)32-25(36)19-35(5)28(37)39-29(2,3)4/h11-12,14-15,18,20,24H,6-9,16,19H2,1-5H3,(H,32,36)(H,31,33,34)/t20-,24-/m0/s1. The highest BCUT2D eigenvalue weighted by Crippen LogP contribution is 2.25. The fourth-order valence-electron chi connectivity index (χ4n) is 4.04. The van der Waals surface area contributed by atoms with E-state index in [1.54, 1.807) is 58.3 Å². The summed E-state index contributed by atoms with van der Waals surface area (Å²) in [4.78, 5) is 34.8. The van der Waals surface area contributed by atoms with Gasteiger partial charge in [0.1, 0.15) is 17.7 Å². The Hall–Kier alpha value is -4.31. The van der Waals surface area contributed by atoms with Crippen LogP contribution in [0.1, 0.15) is 64.5 Å². The van der Waals surface area contributed by atoms with Crippen molar-refractivity contribution in [1.29, 1.82) is 5.26 Å². The van der Waals surface area contributed by atoms with Crippen molar-refractivity contribution in [2.45, 2.75) is 65.0 Å². The van der Waals surface area contributed by atoms with Gasteiger partial charge in [0.2, 0.25) is 17.7 Å². The van der Waals surface area contributed by atoms with Crippen molar-refractivity contribution >= 4 is 23.6 Å². The zero-order valence-electron chi connectivity index (χ0n) is 23.2. The van der Waals surface area contributed by atoms with E-state index < -0.39 is 11.7 Å². The van der Waals surface area contributed by atoms with Crippen LogP contribution in [0.15, 0.2) is 30.5 Å². The Morgan fingerprint density at radius 1 is 1.21 bits per heavy atom. The molecule has 1 aromatic carbocycles. The lowest BCUT2D eigenvalue weighted by atomic mass is 9.86. The number of nitriles is 1. The maximum absolute atomic E-state index is 12.5. The van der Waals surface area contributed by atoms with Crippen molar-refractivity contribution in [3.8, 4) is 23.8 Å². The SMILES string of the molecule is CCOc1nc(Nc2ccc(C#N)cc2)ncc1C#C[C@@H]1CCC[C@H](NC(=O)CN(C)C(=O)OC(C)(C)C)C1. The van der Waals surface area contributed by atoms with Crippen LogP contribution in [0, 0.1) is 29.1 Å². The first-order chi connectivity index (χ1) is 18.6. The van der Waals surface area contributed by atoms with E-state index in [0.717, 1.165) is 31.4 Å². The van der Waals surface area contributed by atoms with Gasteiger partial charge in [-0.1, -0.05) is 18.3 Å². The molecule has 1 saturated carbocycles. The lowest BCUT2D eigenvalue weighted by Gasteiger charge is -2.28. The second kappa shape index (κ2) is 13.5. The third-order valence-electron chi connectivity index (χ3n) is 5.84. The minimum atomic E-state index is -0.619. The maximum Gasteiger partial charge on any atom is 0.410 e. The van der Waals surface area contributed by atoms with Crippen molar-refractivity contribution < 1.29 is 19.1 Å². The van der Waals surface area contributed by atoms with Crippen molar-refractivity contribution in [3.05, 3.63) is 41.6 Å². The fourth-order valence-corrected chi connectivity index (χ4v) is 4.04. The number of carbonyl (C=O) groups is 2. The number of nitrogens with zero attached hydrogens (tertiary/aromatic N) is 4. The normalized spacial score (nSPS) is 16.6. The van der Waals surface area contributed by atoms with Gasteiger partial charge in [-0.3, -0.25) is 4.79 Å². The molecular weight excluding hydrogens is 496 g/mol. The molecular formula is C29H36N6O4. The summed E-state index contributed by atoms with van der Waals surface area (Å²) >= 11 is 0. The van der Waals surface area contributed by atoms with Gasteiger partial charge in [0.15, 0.2) is 0 Å². The third-order valence-corrected chi connectivity index (χ3v) is 5.84. The molecule has 1 heterocycles. The fraction of sp³-hybridized carbons (Fsp3) is 0.483. The molecule has 2 aromatic rings. The molecule has 1 aliphatic carbocycles. The smallest absolute Gasteiger partial charge is 0.410 e. The van der Waals surface area contributed by atoms with Crippen molar-refractivity contribution in [1.82, 2.24) is 20.2 Å². The zero-order chi connectivity index (χ0) is 28.4. The molecule has 2 amide bonds. The maximum atomic E-state index is 12.5. The summed E-state index contributed by atoms with van der Waals surface area (Å²) in [6.07, 6.45) is 4.55. The van der Waals surface area contributed by atoms with Crippen LogP contribution in [0.25, 0.3) is 0 Å². The number of hydrogen-bond donors (Lipinski definition) is 2. The molecule has 0 aliphatic heterocycles. The van der Waals surface area contributed by atoms with Crippen molar-refractivity contribution in [2.75, 3.05) is 25.5 Å². The van der Waals surface area contributed by atoms with E-state index in [1.807, 2.05) is 6.92 Å². The van der Waals surface area contributed by atoms with Crippen LogP contribution < -0.4 is 15.4 Å². The van der Waals surface area contributed by atoms with Gasteiger partial charge in [-0.2, -0.15) is 10.2 Å². The predicted molar refractivity (Wildman–Crippen MR) is 147 cm³/mol. The largest absolute Gasteiger partial charge is 0.477 e. The molecule has 206 valence electrons. The monoisotopic (exact) mass is 532 g/mol. The first kappa shape index (κ1) is 29.2. The first-order valence-corrected chi connectivity index (χ1v) is 13.1. The molecule has 0 unspecified atom stereocenters. The van der Waals surface area contributed by atoms with Gasteiger partial charge in [0.25, 0.3) is 0 Å². The third kappa shape index (κ3) is 9.50. The Morgan fingerprint density at radius 3 is 2.62 bits per heavy atom. The molecule has 1 fully saturated rings. The topological polar surface area (TPSA) is 129 Å². The molecule has 0 radical (unpaired) electrons. The van der Waals surface area contributed by atoms with E-state index >= 15 is 0 Å². The molecule has 2 atom stereocenters. The summed E-state index contributed by atoms with van der Waals surface area (Å²) in [5.41, 5.74) is 1.29. The molecule has 1 aromatic heterocycles. The van der Waals surface area contributed by atoms with Crippen LogP contribution in [0.2, 0.25) is 0 Å². The Morgan fingerprint density at radius 2 is 1.95 bits per heavy atom. The second-order valence-corrected chi connectivity index (χ2v) is 10.4. The highest BCUT2D eigenvalue weighted by Gasteiger charge is 2.25. The van der Waals surface area contributed by atoms with Gasteiger partial charge in [0.05, 0.1) is 24.4 Å². The van der Waals surface area contributed by atoms with Gasteiger partial charge in [-0.05, 0) is 71.2 Å². The van der Waals surface area contributed by atoms with Crippen LogP contribution in [-0.4, -0.2) is 58.7 Å². The number of rotatable bonds is 7. The lowest BCUT2D eigenvalue weighted by molar-refractivity contribution is -0.123. The van der Waals surface area contributed by atoms with Crippen molar-refractivity contribution in [3.63, 3.8) is 0 Å². The van der Waals surface area contributed by atoms with Gasteiger partial charge in [-0.15, -0.1) is 0 Å². The zero-order valence-corrected chi connectivity index (χ0v) is 23.2. The quantitative estimate of drug-likeness (QED) is 0.503. The van der Waals surface area contributed by atoms with Gasteiger partial charge >= 0.3 is 6.09 Å². The van der Waals surface area contributed by atoms with Crippen LogP contribution in [0.5, 0.6) is 5.88 Å². The lowest BCUT2D eigenvalue weighted by Crippen LogP contribution is -2.45. The number of carbonyl (C=O) groups excluding carboxylic acids is 2. The molecule has 10 nitrogen and oxygen atoms in total. The van der Waals surface area contributed by atoms with E-state index in [-0.39, 0.29) is 24.4 Å². The van der Waals surface area contributed by atoms with E-state index in [4.69, 9.17) is 14.7 Å². The van der Waals surface area contributed by atoms with Crippen LogP contribution in [0.4, 0.5) is 16.4 Å². The second-order valence-electron chi connectivity index (χ2n) is 10.4. The molecule has 10 heteroatoms. The molecule has 39 heavy (non-hydrogen) atoms. The summed E-state index contributed by atoms with van der Waals surface area (Å²) in [7, 11) is 1.55. The van der Waals surface area contributed by atoms with Gasteiger partial charge in [-0.25, -0.2) is 9.78 Å². The summed E-state index contributed by atoms with van der Waals surface area (Å²) in [6, 6.07) is 9.06. The summed E-state index contributed by atoms with van der Waals surface area (Å²) < 4.78 is 11.0. The highest BCUT2D eigenvalue weighted by atomic mass is 16.6. The molecule has 2 N–H and O–H groups in total. The summed E-state index contributed by atoms with van der Waals surface area (Å²) in [5, 5.41) is 15.1. The number of ether oxygens (including phenoxy) is 2. The van der Waals surface area contributed by atoms with Crippen LogP contribution in [0.3, 0.4) is 0 Å². The Kier molecular flexibility index (Phi) is 10.1. The minimum Gasteiger partial charge on any atom is -0.477 e. The van der Waals surface area contributed by atoms with E-state index in [9.17, 15) is 9.59 Å². The van der Waals surface area contributed by atoms with Crippen LogP contribution in [-0.2, 0) is 9.53 Å². The number of likely N-dealkylation sites (N-methyl/N-ethyl adjacent to an activating group) is 1. The van der Waals surface area contributed by atoms with Crippen LogP contribution >= 0.6 is 0 Å². The first-order valence-electron chi connectivity index (χ1n) is 13.1. The van der Waals surface area contributed by atoms with Crippen molar-refractivity contribution in [2.24, 2.45) is 5.92 Å². The predicted octanol–water partition coefficient (Wildman–Crippen LogP) is 4.38. The number of aromatic nitrogens is 2. The molecule has 3 rings (SSSR count). The van der Waals surface area contributed by atoms with Gasteiger partial charge < -0.3 is 25.0 Å². The van der Waals surface area contributed by atoms with E-state index in [0.29, 0.717) is 29.6 Å². The molecule has 0 bridgehead atoms. The minimum absolute atomic E-state index is 0.0146. The van der Waals surface area contributed by atoms with E-state index in [2.05, 4.69) is 38.5 Å². The Labute approximate surface area is 230 Å². The summed E-state index contributed by atoms with van der Waals surface area (Å²) in [5.74, 6) is 7.11. The number of benzene rings is 1. The van der Waals surface area contributed by atoms with Gasteiger partial charge in [0, 0.05) is 24.7 Å². The molecule has 0 saturated heterocycles. The number of amides is 2. The number of hydrogen-bond acceptors (Lipinski definition) is 8. The summed E-state index contributed by atoms with van der Waals surface area (Å²) in [6.45, 7) is 7.59. The molecule has 1 aliphatic rings. The Bertz CT molecular complexity index is 1250. The Balaban J connectivity index is 1.60. The number of anilines is 2. The highest BCUT2D eigenvalue weighted by molar-refractivity contribution is 5.82. The van der Waals surface area contributed by atoms with E-state index in [1.165, 1.54) is 4.90 Å². The average Bonchev–Trinajstić information content (AvgIpc) is 2.88. The average molecular weight is 533 g/mol.